The minimum Gasteiger partial charge on any atom is -0.379 e. The van der Waals surface area contributed by atoms with Crippen LogP contribution in [0.15, 0.2) is 79.0 Å². The Morgan fingerprint density at radius 3 is 2.44 bits per heavy atom. The van der Waals surface area contributed by atoms with Crippen LogP contribution in [0.1, 0.15) is 11.3 Å². The van der Waals surface area contributed by atoms with Gasteiger partial charge in [0, 0.05) is 49.1 Å². The number of rotatable bonds is 5. The molecule has 0 radical (unpaired) electrons. The highest BCUT2D eigenvalue weighted by Crippen LogP contribution is 2.28. The van der Waals surface area contributed by atoms with E-state index in [1.54, 1.807) is 0 Å². The van der Waals surface area contributed by atoms with Crippen molar-refractivity contribution in [3.05, 3.63) is 90.3 Å². The lowest BCUT2D eigenvalue weighted by molar-refractivity contribution is 0.313. The highest BCUT2D eigenvalue weighted by molar-refractivity contribution is 5.89. The molecule has 0 aliphatic carbocycles. The minimum atomic E-state index is 0.703. The number of benzene rings is 3. The summed E-state index contributed by atoms with van der Waals surface area (Å²) in [7, 11) is 2.19. The smallest absolute Gasteiger partial charge is 0.0672 e. The van der Waals surface area contributed by atoms with Gasteiger partial charge in [-0.3, -0.25) is 4.98 Å². The summed E-state index contributed by atoms with van der Waals surface area (Å²) in [6, 6.07) is 26.1. The first kappa shape index (κ1) is 20.5. The van der Waals surface area contributed by atoms with Gasteiger partial charge in [0.05, 0.1) is 12.2 Å². The molecule has 0 saturated carbocycles. The molecule has 162 valence electrons. The van der Waals surface area contributed by atoms with Crippen LogP contribution in [0.3, 0.4) is 0 Å². The quantitative estimate of drug-likeness (QED) is 0.455. The first-order chi connectivity index (χ1) is 15.7. The molecule has 3 aromatic carbocycles. The summed E-state index contributed by atoms with van der Waals surface area (Å²) in [5, 5.41) is 5.98. The largest absolute Gasteiger partial charge is 0.379 e. The van der Waals surface area contributed by atoms with Crippen LogP contribution in [-0.4, -0.2) is 43.1 Å². The van der Waals surface area contributed by atoms with E-state index in [1.807, 2.05) is 6.20 Å². The van der Waals surface area contributed by atoms with Crippen molar-refractivity contribution in [3.63, 3.8) is 0 Å². The Balaban J connectivity index is 1.31. The second-order valence-corrected chi connectivity index (χ2v) is 8.70. The predicted octanol–water partition coefficient (Wildman–Crippen LogP) is 5.57. The molecular formula is C28H30N4. The fraction of sp³-hybridized carbons (Fsp3) is 0.250. The number of hydrogen-bond donors (Lipinski definition) is 1. The maximum absolute atomic E-state index is 4.66. The zero-order chi connectivity index (χ0) is 21.9. The fourth-order valence-corrected chi connectivity index (χ4v) is 4.49. The molecule has 1 aromatic heterocycles. The molecule has 1 saturated heterocycles. The van der Waals surface area contributed by atoms with E-state index >= 15 is 0 Å². The van der Waals surface area contributed by atoms with Crippen molar-refractivity contribution in [2.24, 2.45) is 0 Å². The zero-order valence-corrected chi connectivity index (χ0v) is 18.9. The van der Waals surface area contributed by atoms with Crippen LogP contribution in [0.4, 0.5) is 11.4 Å². The standard InChI is InChI=1S/C28H30N4/c1-21-5-3-4-6-26(21)22-7-12-27-23(19-22)13-14-29-28(27)20-30-24-8-10-25(11-9-24)32-17-15-31(2)16-18-32/h3-14,19,30H,15-18,20H2,1-2H3. The highest BCUT2D eigenvalue weighted by Gasteiger charge is 2.14. The molecule has 0 atom stereocenters. The van der Waals surface area contributed by atoms with Gasteiger partial charge in [-0.05, 0) is 72.4 Å². The molecule has 32 heavy (non-hydrogen) atoms. The van der Waals surface area contributed by atoms with E-state index in [9.17, 15) is 0 Å². The van der Waals surface area contributed by atoms with Crippen LogP contribution in [-0.2, 0) is 6.54 Å². The lowest BCUT2D eigenvalue weighted by Crippen LogP contribution is -2.44. The molecule has 1 aliphatic heterocycles. The van der Waals surface area contributed by atoms with Crippen molar-refractivity contribution in [2.45, 2.75) is 13.5 Å². The molecule has 4 nitrogen and oxygen atoms in total. The summed E-state index contributed by atoms with van der Waals surface area (Å²) in [5.41, 5.74) is 7.32. The van der Waals surface area contributed by atoms with Crippen LogP contribution in [0, 0.1) is 6.92 Å². The van der Waals surface area contributed by atoms with Crippen LogP contribution in [0.5, 0.6) is 0 Å². The Hall–Kier alpha value is -3.37. The molecule has 4 heteroatoms. The monoisotopic (exact) mass is 422 g/mol. The number of aryl methyl sites for hydroxylation is 1. The molecule has 0 amide bonds. The van der Waals surface area contributed by atoms with Gasteiger partial charge >= 0.3 is 0 Å². The van der Waals surface area contributed by atoms with Crippen molar-refractivity contribution < 1.29 is 0 Å². The van der Waals surface area contributed by atoms with Gasteiger partial charge in [0.2, 0.25) is 0 Å². The third kappa shape index (κ3) is 4.32. The second kappa shape index (κ2) is 9.01. The van der Waals surface area contributed by atoms with Gasteiger partial charge in [0.1, 0.15) is 0 Å². The van der Waals surface area contributed by atoms with Gasteiger partial charge in [-0.1, -0.05) is 36.4 Å². The van der Waals surface area contributed by atoms with E-state index in [1.165, 1.54) is 33.2 Å². The predicted molar refractivity (Wildman–Crippen MR) is 135 cm³/mol. The van der Waals surface area contributed by atoms with Crippen molar-refractivity contribution in [1.29, 1.82) is 0 Å². The molecule has 0 unspecified atom stereocenters. The lowest BCUT2D eigenvalue weighted by Gasteiger charge is -2.34. The third-order valence-electron chi connectivity index (χ3n) is 6.50. The summed E-state index contributed by atoms with van der Waals surface area (Å²) in [5.74, 6) is 0. The van der Waals surface area contributed by atoms with E-state index in [0.29, 0.717) is 6.54 Å². The normalized spacial score (nSPS) is 14.6. The van der Waals surface area contributed by atoms with E-state index < -0.39 is 0 Å². The SMILES string of the molecule is Cc1ccccc1-c1ccc2c(CNc3ccc(N4CCN(C)CC4)cc3)nccc2c1. The number of nitrogens with zero attached hydrogens (tertiary/aromatic N) is 3. The first-order valence-corrected chi connectivity index (χ1v) is 11.4. The van der Waals surface area contributed by atoms with E-state index in [2.05, 4.69) is 107 Å². The van der Waals surface area contributed by atoms with Crippen LogP contribution >= 0.6 is 0 Å². The Kier molecular flexibility index (Phi) is 5.78. The van der Waals surface area contributed by atoms with Gasteiger partial charge < -0.3 is 15.1 Å². The van der Waals surface area contributed by atoms with E-state index in [0.717, 1.165) is 37.6 Å². The number of aromatic nitrogens is 1. The molecule has 1 fully saturated rings. The first-order valence-electron chi connectivity index (χ1n) is 11.4. The van der Waals surface area contributed by atoms with Crippen LogP contribution in [0.2, 0.25) is 0 Å². The maximum Gasteiger partial charge on any atom is 0.0672 e. The second-order valence-electron chi connectivity index (χ2n) is 8.70. The maximum atomic E-state index is 4.66. The topological polar surface area (TPSA) is 31.4 Å². The van der Waals surface area contributed by atoms with Gasteiger partial charge in [0.15, 0.2) is 0 Å². The number of hydrogen-bond acceptors (Lipinski definition) is 4. The van der Waals surface area contributed by atoms with Crippen molar-refractivity contribution in [2.75, 3.05) is 43.4 Å². The van der Waals surface area contributed by atoms with Gasteiger partial charge in [-0.2, -0.15) is 0 Å². The number of nitrogens with one attached hydrogen (secondary N) is 1. The van der Waals surface area contributed by atoms with Gasteiger partial charge in [-0.25, -0.2) is 0 Å². The average Bonchev–Trinajstić information content (AvgIpc) is 2.83. The van der Waals surface area contributed by atoms with Crippen molar-refractivity contribution in [3.8, 4) is 11.1 Å². The summed E-state index contributed by atoms with van der Waals surface area (Å²) in [6.07, 6.45) is 1.91. The summed E-state index contributed by atoms with van der Waals surface area (Å²) >= 11 is 0. The highest BCUT2D eigenvalue weighted by atomic mass is 15.2. The Labute approximate surface area is 190 Å². The van der Waals surface area contributed by atoms with E-state index in [4.69, 9.17) is 0 Å². The third-order valence-corrected chi connectivity index (χ3v) is 6.50. The van der Waals surface area contributed by atoms with E-state index in [-0.39, 0.29) is 0 Å². The number of anilines is 2. The Bertz CT molecular complexity index is 1210. The minimum absolute atomic E-state index is 0.703. The summed E-state index contributed by atoms with van der Waals surface area (Å²) < 4.78 is 0. The average molecular weight is 423 g/mol. The number of piperazine rings is 1. The van der Waals surface area contributed by atoms with Crippen molar-refractivity contribution in [1.82, 2.24) is 9.88 Å². The number of fused-ring (bicyclic) bond motifs is 1. The molecule has 2 heterocycles. The molecular weight excluding hydrogens is 392 g/mol. The summed E-state index contributed by atoms with van der Waals surface area (Å²) in [4.78, 5) is 9.51. The van der Waals surface area contributed by atoms with Gasteiger partial charge in [-0.15, -0.1) is 0 Å². The summed E-state index contributed by atoms with van der Waals surface area (Å²) in [6.45, 7) is 7.29. The molecule has 4 aromatic rings. The van der Waals surface area contributed by atoms with Crippen LogP contribution in [0.25, 0.3) is 21.9 Å². The number of likely N-dealkylation sites (N-methyl/N-ethyl adjacent to an activating group) is 1. The molecule has 1 aliphatic rings. The van der Waals surface area contributed by atoms with Crippen molar-refractivity contribution >= 4 is 22.1 Å². The Morgan fingerprint density at radius 1 is 0.875 bits per heavy atom. The fourth-order valence-electron chi connectivity index (χ4n) is 4.49. The number of pyridine rings is 1. The van der Waals surface area contributed by atoms with Gasteiger partial charge in [0.25, 0.3) is 0 Å². The molecule has 0 spiro atoms. The Morgan fingerprint density at radius 2 is 1.66 bits per heavy atom. The lowest BCUT2D eigenvalue weighted by atomic mass is 9.97. The molecule has 5 rings (SSSR count). The zero-order valence-electron chi connectivity index (χ0n) is 18.9. The molecule has 1 N–H and O–H groups in total. The molecule has 0 bridgehead atoms. The van der Waals surface area contributed by atoms with Crippen LogP contribution < -0.4 is 10.2 Å².